The van der Waals surface area contributed by atoms with Gasteiger partial charge in [0.15, 0.2) is 0 Å². The predicted molar refractivity (Wildman–Crippen MR) is 178 cm³/mol. The maximum absolute atomic E-state index is 6.56. The highest BCUT2D eigenvalue weighted by molar-refractivity contribution is 6.87. The molecule has 41 heavy (non-hydrogen) atoms. The van der Waals surface area contributed by atoms with Gasteiger partial charge in [-0.2, -0.15) is 0 Å². The number of hydrogen-bond donors (Lipinski definition) is 0. The maximum Gasteiger partial charge on any atom is 0.375 e. The van der Waals surface area contributed by atoms with Crippen molar-refractivity contribution in [3.8, 4) is 0 Å². The summed E-state index contributed by atoms with van der Waals surface area (Å²) >= 11 is 0. The summed E-state index contributed by atoms with van der Waals surface area (Å²) in [6.45, 7) is 6.91. The molecule has 0 fully saturated rings. The maximum atomic E-state index is 6.56. The van der Waals surface area contributed by atoms with Crippen molar-refractivity contribution in [3.63, 3.8) is 0 Å². The molecule has 3 rings (SSSR count). The van der Waals surface area contributed by atoms with E-state index in [1.165, 1.54) is 0 Å². The van der Waals surface area contributed by atoms with Crippen molar-refractivity contribution in [1.29, 1.82) is 0 Å². The van der Waals surface area contributed by atoms with Crippen LogP contribution in [0.25, 0.3) is 0 Å². The van der Waals surface area contributed by atoms with Crippen molar-refractivity contribution in [2.75, 3.05) is 42.7 Å². The van der Waals surface area contributed by atoms with E-state index >= 15 is 0 Å². The largest absolute Gasteiger partial charge is 0.394 e. The Morgan fingerprint density at radius 1 is 0.439 bits per heavy atom. The lowest BCUT2D eigenvalue weighted by molar-refractivity contribution is 0.193. The van der Waals surface area contributed by atoms with Gasteiger partial charge >= 0.3 is 25.7 Å². The first-order valence-corrected chi connectivity index (χ1v) is 20.8. The molecule has 0 radical (unpaired) electrons. The number of hydrogen-bond acceptors (Lipinski definition) is 6. The Morgan fingerprint density at radius 3 is 0.805 bits per heavy atom. The van der Waals surface area contributed by atoms with Gasteiger partial charge in [0.05, 0.1) is 0 Å². The van der Waals surface area contributed by atoms with Gasteiger partial charge < -0.3 is 26.6 Å². The van der Waals surface area contributed by atoms with Crippen LogP contribution >= 0.6 is 0 Å². The van der Waals surface area contributed by atoms with Crippen LogP contribution in [-0.4, -0.2) is 78.6 Å². The first kappa shape index (κ1) is 33.8. The van der Waals surface area contributed by atoms with E-state index in [-0.39, 0.29) is 21.7 Å². The molecule has 0 aliphatic carbocycles. The number of benzene rings is 3. The van der Waals surface area contributed by atoms with Gasteiger partial charge in [0, 0.05) is 69.5 Å². The molecule has 0 amide bonds. The van der Waals surface area contributed by atoms with Crippen LogP contribution in [0.2, 0.25) is 21.7 Å². The lowest BCUT2D eigenvalue weighted by Crippen LogP contribution is -2.67. The first-order chi connectivity index (χ1) is 19.6. The molecule has 0 spiro atoms. The molecule has 3 atom stereocenters. The van der Waals surface area contributed by atoms with Gasteiger partial charge in [-0.05, 0) is 20.6 Å². The molecule has 224 valence electrons. The zero-order valence-electron chi connectivity index (χ0n) is 26.3. The fourth-order valence-electron chi connectivity index (χ4n) is 7.13. The van der Waals surface area contributed by atoms with E-state index in [1.807, 2.05) is 18.2 Å². The van der Waals surface area contributed by atoms with Crippen molar-refractivity contribution in [3.05, 3.63) is 91.0 Å². The van der Waals surface area contributed by atoms with E-state index in [9.17, 15) is 0 Å². The average Bonchev–Trinajstić information content (AvgIpc) is 3.04. The van der Waals surface area contributed by atoms with E-state index in [2.05, 4.69) is 93.6 Å². The van der Waals surface area contributed by atoms with Crippen LogP contribution in [0, 0.1) is 0 Å². The van der Waals surface area contributed by atoms with Gasteiger partial charge in [-0.3, -0.25) is 0 Å². The minimum atomic E-state index is -3.04. The molecular formula is C31H48O6Si4. The summed E-state index contributed by atoms with van der Waals surface area (Å²) in [5.74, 6) is 0. The Labute approximate surface area is 253 Å². The van der Waals surface area contributed by atoms with Gasteiger partial charge in [0.1, 0.15) is 0 Å². The Kier molecular flexibility index (Phi) is 11.7. The Morgan fingerprint density at radius 2 is 0.634 bits per heavy atom. The lowest BCUT2D eigenvalue weighted by atomic mass is 9.96. The minimum absolute atomic E-state index is 0.0224. The predicted octanol–water partition coefficient (Wildman–Crippen LogP) is 3.61. The van der Waals surface area contributed by atoms with Crippen molar-refractivity contribution in [2.24, 2.45) is 0 Å². The summed E-state index contributed by atoms with van der Waals surface area (Å²) in [6.07, 6.45) is 0. The summed E-state index contributed by atoms with van der Waals surface area (Å²) in [5, 5.41) is 2.92. The normalized spacial score (nSPS) is 16.6. The van der Waals surface area contributed by atoms with Gasteiger partial charge in [-0.1, -0.05) is 112 Å². The summed E-state index contributed by atoms with van der Waals surface area (Å²) in [4.78, 5) is 0. The summed E-state index contributed by atoms with van der Waals surface area (Å²) in [5.41, 5.74) is -0.0671. The van der Waals surface area contributed by atoms with E-state index in [0.29, 0.717) is 0 Å². The topological polar surface area (TPSA) is 55.4 Å². The van der Waals surface area contributed by atoms with Crippen molar-refractivity contribution < 1.29 is 26.6 Å². The molecule has 0 saturated carbocycles. The molecule has 0 aliphatic heterocycles. The third-order valence-corrected chi connectivity index (χ3v) is 26.5. The Balaban J connectivity index is 2.40. The van der Waals surface area contributed by atoms with E-state index in [0.717, 1.165) is 25.8 Å². The molecule has 6 nitrogen and oxygen atoms in total. The van der Waals surface area contributed by atoms with Crippen LogP contribution in [0.4, 0.5) is 0 Å². The molecule has 3 aromatic carbocycles. The quantitative estimate of drug-likeness (QED) is 0.240. The molecule has 3 aromatic rings. The summed E-state index contributed by atoms with van der Waals surface area (Å²) < 4.78 is 39.4. The smallest absolute Gasteiger partial charge is 0.375 e. The third kappa shape index (κ3) is 5.67. The fraction of sp³-hybridized carbons (Fsp3) is 0.419. The molecule has 0 aromatic heterocycles. The highest BCUT2D eigenvalue weighted by Gasteiger charge is 2.66. The van der Waals surface area contributed by atoms with E-state index in [1.54, 1.807) is 42.7 Å². The lowest BCUT2D eigenvalue weighted by Gasteiger charge is -2.56. The molecular weight excluding hydrogens is 581 g/mol. The second kappa shape index (κ2) is 14.2. The first-order valence-electron chi connectivity index (χ1n) is 14.1. The second-order valence-corrected chi connectivity index (χ2v) is 23.4. The van der Waals surface area contributed by atoms with Crippen LogP contribution in [0.5, 0.6) is 0 Å². The zero-order valence-corrected chi connectivity index (χ0v) is 31.3. The van der Waals surface area contributed by atoms with E-state index < -0.39 is 25.7 Å². The molecule has 0 aliphatic rings. The fourth-order valence-corrected chi connectivity index (χ4v) is 22.5. The van der Waals surface area contributed by atoms with Gasteiger partial charge in [0.25, 0.3) is 0 Å². The monoisotopic (exact) mass is 628 g/mol. The standard InChI is InChI=1S/C31H48O6Si4/c1-25(39(32-4,33-5)28-19-13-10-14-20-28)31(38,26(2)40(34-6,35-7)29-21-15-11-16-22-29)27(3)41(36-8,37-9)30-23-17-12-18-24-30/h10-27H,1-9,38H3. The Bertz CT molecular complexity index is 1040. The number of rotatable bonds is 15. The van der Waals surface area contributed by atoms with Crippen LogP contribution in [0.15, 0.2) is 91.0 Å². The zero-order chi connectivity index (χ0) is 30.3. The van der Waals surface area contributed by atoms with Gasteiger partial charge in [-0.15, -0.1) is 0 Å². The van der Waals surface area contributed by atoms with Gasteiger partial charge in [-0.25, -0.2) is 0 Å². The van der Waals surface area contributed by atoms with Crippen LogP contribution in [-0.2, 0) is 26.6 Å². The van der Waals surface area contributed by atoms with Crippen molar-refractivity contribution >= 4 is 51.5 Å². The third-order valence-electron chi connectivity index (χ3n) is 9.86. The highest BCUT2D eigenvalue weighted by atomic mass is 28.4. The summed E-state index contributed by atoms with van der Waals surface area (Å²) in [7, 11) is 2.40. The van der Waals surface area contributed by atoms with E-state index in [4.69, 9.17) is 26.6 Å². The SMILES string of the molecule is CO[Si](OC)(c1ccccc1)C(C)C([SiH3])(C(C)[Si](OC)(OC)c1ccccc1)C(C)[Si](OC)(OC)c1ccccc1. The molecule has 0 heterocycles. The van der Waals surface area contributed by atoms with Crippen LogP contribution in [0.1, 0.15) is 20.8 Å². The van der Waals surface area contributed by atoms with Crippen molar-refractivity contribution in [2.45, 2.75) is 42.4 Å². The Hall–Kier alpha value is -1.71. The molecule has 0 saturated heterocycles. The highest BCUT2D eigenvalue weighted by Crippen LogP contribution is 2.64. The summed E-state index contributed by atoms with van der Waals surface area (Å²) in [6, 6.07) is 31.3. The molecule has 0 bridgehead atoms. The average molecular weight is 629 g/mol. The molecule has 3 unspecified atom stereocenters. The second-order valence-electron chi connectivity index (χ2n) is 10.9. The minimum Gasteiger partial charge on any atom is -0.394 e. The van der Waals surface area contributed by atoms with Crippen LogP contribution < -0.4 is 15.6 Å². The molecule has 0 N–H and O–H groups in total. The van der Waals surface area contributed by atoms with Gasteiger partial charge in [0.2, 0.25) is 0 Å². The molecule has 10 heteroatoms. The van der Waals surface area contributed by atoms with Crippen LogP contribution in [0.3, 0.4) is 0 Å². The van der Waals surface area contributed by atoms with Crippen molar-refractivity contribution in [1.82, 2.24) is 0 Å².